The Bertz CT molecular complexity index is 187. The topological polar surface area (TPSA) is 20.2 Å². The second kappa shape index (κ2) is 3.12. The molecule has 0 aromatic heterocycles. The first kappa shape index (κ1) is 10.8. The van der Waals surface area contributed by atoms with Gasteiger partial charge >= 0.3 is 12.3 Å². The van der Waals surface area contributed by atoms with Crippen molar-refractivity contribution in [1.82, 2.24) is 0 Å². The lowest BCUT2D eigenvalue weighted by molar-refractivity contribution is -0.192. The van der Waals surface area contributed by atoms with E-state index in [1.165, 1.54) is 0 Å². The molecule has 1 nitrogen and oxygen atoms in total. The Morgan fingerprint density at radius 3 is 2.23 bits per heavy atom. The van der Waals surface area contributed by atoms with Gasteiger partial charge < -0.3 is 5.11 Å². The lowest BCUT2D eigenvalue weighted by Gasteiger charge is -2.43. The molecule has 1 N–H and O–H groups in total. The molecule has 0 aliphatic heterocycles. The van der Waals surface area contributed by atoms with Gasteiger partial charge in [0.1, 0.15) is 0 Å². The summed E-state index contributed by atoms with van der Waals surface area (Å²) in [4.78, 5) is 0. The number of halogens is 4. The van der Waals surface area contributed by atoms with Crippen molar-refractivity contribution in [3.05, 3.63) is 0 Å². The molecule has 5 heteroatoms. The molecule has 0 spiro atoms. The standard InChI is InChI=1S/C8H12F4O/c1-5-2-7(13,3-5)4-8(11,12)6(9)10/h5-6,13H,2-4H2,1H3. The fourth-order valence-electron chi connectivity index (χ4n) is 1.90. The maximum Gasteiger partial charge on any atom is 0.310 e. The van der Waals surface area contributed by atoms with Crippen molar-refractivity contribution in [2.45, 2.75) is 44.1 Å². The average molecular weight is 200 g/mol. The highest BCUT2D eigenvalue weighted by Gasteiger charge is 2.52. The molecular formula is C8H12F4O. The number of rotatable bonds is 3. The summed E-state index contributed by atoms with van der Waals surface area (Å²) in [7, 11) is 0. The highest BCUT2D eigenvalue weighted by molar-refractivity contribution is 4.96. The fraction of sp³-hybridized carbons (Fsp3) is 1.00. The second-order valence-corrected chi connectivity index (χ2v) is 3.98. The largest absolute Gasteiger partial charge is 0.390 e. The van der Waals surface area contributed by atoms with E-state index in [4.69, 9.17) is 0 Å². The second-order valence-electron chi connectivity index (χ2n) is 3.98. The molecule has 0 bridgehead atoms. The summed E-state index contributed by atoms with van der Waals surface area (Å²) >= 11 is 0. The molecule has 13 heavy (non-hydrogen) atoms. The van der Waals surface area contributed by atoms with Gasteiger partial charge in [0.05, 0.1) is 5.60 Å². The molecule has 1 aliphatic carbocycles. The van der Waals surface area contributed by atoms with Crippen LogP contribution in [-0.4, -0.2) is 23.1 Å². The summed E-state index contributed by atoms with van der Waals surface area (Å²) in [5, 5.41) is 9.35. The number of hydrogen-bond acceptors (Lipinski definition) is 1. The fourth-order valence-corrected chi connectivity index (χ4v) is 1.90. The molecule has 0 heterocycles. The zero-order valence-corrected chi connectivity index (χ0v) is 7.24. The number of aliphatic hydroxyl groups is 1. The molecule has 0 aromatic rings. The van der Waals surface area contributed by atoms with Crippen molar-refractivity contribution in [3.63, 3.8) is 0 Å². The zero-order chi connectivity index (χ0) is 10.3. The van der Waals surface area contributed by atoms with E-state index in [2.05, 4.69) is 0 Å². The van der Waals surface area contributed by atoms with Crippen LogP contribution in [0.25, 0.3) is 0 Å². The van der Waals surface area contributed by atoms with Gasteiger partial charge in [0, 0.05) is 6.42 Å². The third kappa shape index (κ3) is 2.33. The van der Waals surface area contributed by atoms with Crippen molar-refractivity contribution in [2.24, 2.45) is 5.92 Å². The average Bonchev–Trinajstić information content (AvgIpc) is 1.81. The Labute approximate surface area is 73.7 Å². The van der Waals surface area contributed by atoms with E-state index >= 15 is 0 Å². The Morgan fingerprint density at radius 1 is 1.46 bits per heavy atom. The van der Waals surface area contributed by atoms with Crippen molar-refractivity contribution in [2.75, 3.05) is 0 Å². The Balaban J connectivity index is 2.49. The summed E-state index contributed by atoms with van der Waals surface area (Å²) in [5.41, 5.74) is -1.57. The van der Waals surface area contributed by atoms with E-state index in [0.29, 0.717) is 0 Å². The SMILES string of the molecule is CC1CC(O)(CC(F)(F)C(F)F)C1. The first-order valence-corrected chi connectivity index (χ1v) is 4.13. The van der Waals surface area contributed by atoms with Crippen LogP contribution in [0.15, 0.2) is 0 Å². The first-order valence-electron chi connectivity index (χ1n) is 4.13. The first-order chi connectivity index (χ1) is 5.75. The van der Waals surface area contributed by atoms with Crippen LogP contribution in [0.1, 0.15) is 26.2 Å². The molecule has 0 aromatic carbocycles. The Hall–Kier alpha value is -0.320. The van der Waals surface area contributed by atoms with Crippen LogP contribution in [0.2, 0.25) is 0 Å². The van der Waals surface area contributed by atoms with Crippen LogP contribution in [0.4, 0.5) is 17.6 Å². The predicted molar refractivity (Wildman–Crippen MR) is 38.9 cm³/mol. The molecule has 1 rings (SSSR count). The third-order valence-electron chi connectivity index (χ3n) is 2.34. The van der Waals surface area contributed by atoms with Crippen LogP contribution < -0.4 is 0 Å². The van der Waals surface area contributed by atoms with E-state index in [0.717, 1.165) is 0 Å². The van der Waals surface area contributed by atoms with Crippen molar-refractivity contribution >= 4 is 0 Å². The molecule has 0 radical (unpaired) electrons. The molecule has 0 unspecified atom stereocenters. The van der Waals surface area contributed by atoms with Gasteiger partial charge in [-0.25, -0.2) is 17.6 Å². The monoisotopic (exact) mass is 200 g/mol. The molecule has 0 saturated heterocycles. The molecule has 0 atom stereocenters. The molecule has 78 valence electrons. The van der Waals surface area contributed by atoms with Gasteiger partial charge in [-0.1, -0.05) is 6.92 Å². The van der Waals surface area contributed by atoms with E-state index in [9.17, 15) is 22.7 Å². The summed E-state index contributed by atoms with van der Waals surface area (Å²) in [6, 6.07) is 0. The minimum atomic E-state index is -4.06. The normalized spacial score (nSPS) is 34.8. The quantitative estimate of drug-likeness (QED) is 0.694. The molecular weight excluding hydrogens is 188 g/mol. The minimum Gasteiger partial charge on any atom is -0.390 e. The van der Waals surface area contributed by atoms with Crippen LogP contribution in [0.5, 0.6) is 0 Å². The van der Waals surface area contributed by atoms with Gasteiger partial charge in [-0.2, -0.15) is 0 Å². The summed E-state index contributed by atoms with van der Waals surface area (Å²) in [6.45, 7) is 1.79. The predicted octanol–water partition coefficient (Wildman–Crippen LogP) is 2.44. The molecule has 1 fully saturated rings. The van der Waals surface area contributed by atoms with Gasteiger partial charge in [0.2, 0.25) is 0 Å². The summed E-state index contributed by atoms with van der Waals surface area (Å²) in [6.07, 6.45) is -4.43. The molecule has 0 amide bonds. The van der Waals surface area contributed by atoms with Crippen molar-refractivity contribution in [3.8, 4) is 0 Å². The van der Waals surface area contributed by atoms with Gasteiger partial charge in [-0.3, -0.25) is 0 Å². The maximum absolute atomic E-state index is 12.5. The van der Waals surface area contributed by atoms with Gasteiger partial charge in [-0.05, 0) is 18.8 Å². The third-order valence-corrected chi connectivity index (χ3v) is 2.34. The van der Waals surface area contributed by atoms with E-state index < -0.39 is 24.4 Å². The summed E-state index contributed by atoms with van der Waals surface area (Å²) in [5.74, 6) is -3.91. The highest BCUT2D eigenvalue weighted by atomic mass is 19.3. The van der Waals surface area contributed by atoms with Crippen molar-refractivity contribution < 1.29 is 22.7 Å². The molecule has 1 saturated carbocycles. The van der Waals surface area contributed by atoms with Crippen LogP contribution >= 0.6 is 0 Å². The van der Waals surface area contributed by atoms with Gasteiger partial charge in [0.15, 0.2) is 0 Å². The lowest BCUT2D eigenvalue weighted by Crippen LogP contribution is -2.48. The maximum atomic E-state index is 12.5. The molecule has 1 aliphatic rings. The minimum absolute atomic E-state index is 0.151. The smallest absolute Gasteiger partial charge is 0.310 e. The van der Waals surface area contributed by atoms with Gasteiger partial charge in [-0.15, -0.1) is 0 Å². The van der Waals surface area contributed by atoms with E-state index in [-0.39, 0.29) is 18.8 Å². The zero-order valence-electron chi connectivity index (χ0n) is 7.24. The van der Waals surface area contributed by atoms with Crippen LogP contribution in [0.3, 0.4) is 0 Å². The number of hydrogen-bond donors (Lipinski definition) is 1. The lowest BCUT2D eigenvalue weighted by atomic mass is 9.69. The van der Waals surface area contributed by atoms with Crippen molar-refractivity contribution in [1.29, 1.82) is 0 Å². The van der Waals surface area contributed by atoms with Crippen LogP contribution in [-0.2, 0) is 0 Å². The van der Waals surface area contributed by atoms with Gasteiger partial charge in [0.25, 0.3) is 0 Å². The highest BCUT2D eigenvalue weighted by Crippen LogP contribution is 2.45. The Kier molecular flexibility index (Phi) is 2.58. The van der Waals surface area contributed by atoms with Crippen LogP contribution in [0, 0.1) is 5.92 Å². The van der Waals surface area contributed by atoms with E-state index in [1.54, 1.807) is 6.92 Å². The number of alkyl halides is 4. The Morgan fingerprint density at radius 2 is 1.92 bits per heavy atom. The van der Waals surface area contributed by atoms with E-state index in [1.807, 2.05) is 0 Å². The summed E-state index contributed by atoms with van der Waals surface area (Å²) < 4.78 is 48.4.